The van der Waals surface area contributed by atoms with Crippen LogP contribution >= 0.6 is 0 Å². The number of esters is 2. The monoisotopic (exact) mass is 1150 g/mol. The molecule has 1 N–H and O–H groups in total. The van der Waals surface area contributed by atoms with Gasteiger partial charge in [0, 0.05) is 12.8 Å². The number of allylic oxidation sites excluding steroid dienone is 12. The van der Waals surface area contributed by atoms with Gasteiger partial charge in [0.2, 0.25) is 0 Å². The molecule has 1 atom stereocenters. The number of hydrogen-bond acceptors (Lipinski definition) is 5. The van der Waals surface area contributed by atoms with E-state index in [9.17, 15) is 14.7 Å². The Morgan fingerprint density at radius 2 is 0.524 bits per heavy atom. The van der Waals surface area contributed by atoms with E-state index in [1.807, 2.05) is 0 Å². The summed E-state index contributed by atoms with van der Waals surface area (Å²) >= 11 is 0. The van der Waals surface area contributed by atoms with Crippen molar-refractivity contribution in [2.75, 3.05) is 13.2 Å². The molecule has 0 heterocycles. The van der Waals surface area contributed by atoms with E-state index in [0.717, 1.165) is 70.6 Å². The highest BCUT2D eigenvalue weighted by molar-refractivity contribution is 5.70. The Labute approximate surface area is 512 Å². The Morgan fingerprint density at radius 3 is 0.793 bits per heavy atom. The molecule has 0 bridgehead atoms. The van der Waals surface area contributed by atoms with E-state index in [1.54, 1.807) is 0 Å². The number of rotatable bonds is 68. The summed E-state index contributed by atoms with van der Waals surface area (Å²) < 4.78 is 10.8. The molecule has 5 nitrogen and oxygen atoms in total. The molecule has 0 aromatic rings. The zero-order chi connectivity index (χ0) is 59.1. The first-order valence-corrected chi connectivity index (χ1v) is 36.5. The molecule has 0 saturated carbocycles. The van der Waals surface area contributed by atoms with E-state index in [4.69, 9.17) is 9.47 Å². The molecule has 0 aliphatic heterocycles. The molecule has 0 fully saturated rings. The van der Waals surface area contributed by atoms with Gasteiger partial charge in [-0.1, -0.05) is 363 Å². The summed E-state index contributed by atoms with van der Waals surface area (Å²) in [6.07, 6.45) is 101. The minimum Gasteiger partial charge on any atom is -0.462 e. The molecule has 0 amide bonds. The predicted octanol–water partition coefficient (Wildman–Crippen LogP) is 25.4. The van der Waals surface area contributed by atoms with Crippen LogP contribution in [0.2, 0.25) is 0 Å². The van der Waals surface area contributed by atoms with Crippen molar-refractivity contribution in [3.8, 4) is 0 Å². The summed E-state index contributed by atoms with van der Waals surface area (Å²) in [5.41, 5.74) is 0. The first kappa shape index (κ1) is 79.3. The van der Waals surface area contributed by atoms with E-state index >= 15 is 0 Å². The molecule has 478 valence electrons. The topological polar surface area (TPSA) is 72.8 Å². The summed E-state index contributed by atoms with van der Waals surface area (Å²) in [6, 6.07) is 0. The summed E-state index contributed by atoms with van der Waals surface area (Å²) in [7, 11) is 0. The zero-order valence-corrected chi connectivity index (χ0v) is 55.0. The number of ether oxygens (including phenoxy) is 2. The smallest absolute Gasteiger partial charge is 0.306 e. The quantitative estimate of drug-likeness (QED) is 0.0373. The number of aliphatic hydroxyl groups excluding tert-OH is 1. The van der Waals surface area contributed by atoms with Crippen LogP contribution in [0.15, 0.2) is 72.9 Å². The third-order valence-corrected chi connectivity index (χ3v) is 16.5. The van der Waals surface area contributed by atoms with Gasteiger partial charge in [0.05, 0.1) is 6.61 Å². The van der Waals surface area contributed by atoms with Crippen LogP contribution in [0.4, 0.5) is 0 Å². The van der Waals surface area contributed by atoms with Gasteiger partial charge in [0.1, 0.15) is 6.61 Å². The fourth-order valence-electron chi connectivity index (χ4n) is 11.1. The maximum atomic E-state index is 12.4. The van der Waals surface area contributed by atoms with Crippen molar-refractivity contribution in [1.29, 1.82) is 0 Å². The average Bonchev–Trinajstić information content (AvgIpc) is 3.49. The normalized spacial score (nSPS) is 12.6. The molecular weight excluding hydrogens is 1000 g/mol. The number of aliphatic hydroxyl groups is 1. The van der Waals surface area contributed by atoms with Crippen LogP contribution in [0.1, 0.15) is 386 Å². The van der Waals surface area contributed by atoms with Crippen molar-refractivity contribution in [1.82, 2.24) is 0 Å². The fraction of sp³-hybridized carbons (Fsp3) is 0.818. The summed E-state index contributed by atoms with van der Waals surface area (Å²) in [5.74, 6) is -0.573. The van der Waals surface area contributed by atoms with Crippen LogP contribution in [0.25, 0.3) is 0 Å². The first-order valence-electron chi connectivity index (χ1n) is 36.5. The lowest BCUT2D eigenvalue weighted by Crippen LogP contribution is -2.28. The van der Waals surface area contributed by atoms with Crippen LogP contribution in [0.3, 0.4) is 0 Å². The SMILES string of the molecule is CC/C=C\C/C=C\C/C=C\C/C=C\CCCCCCCCCCCCCCCCC(=O)OC(CO)COC(=O)CCCCCCCCCCCCCCCCCCCCCCCCCCCCCCC/C=C\C/C=C\CCCCCCC. The molecule has 5 heteroatoms. The molecule has 0 spiro atoms. The lowest BCUT2D eigenvalue weighted by Gasteiger charge is -2.15. The third-order valence-electron chi connectivity index (χ3n) is 16.5. The van der Waals surface area contributed by atoms with E-state index in [-0.39, 0.29) is 25.2 Å². The van der Waals surface area contributed by atoms with E-state index in [1.165, 1.54) is 289 Å². The van der Waals surface area contributed by atoms with Gasteiger partial charge in [-0.05, 0) is 83.5 Å². The van der Waals surface area contributed by atoms with Crippen LogP contribution in [0.5, 0.6) is 0 Å². The minimum absolute atomic E-state index is 0.0629. The molecule has 82 heavy (non-hydrogen) atoms. The maximum absolute atomic E-state index is 12.4. The molecule has 0 aliphatic rings. The van der Waals surface area contributed by atoms with Gasteiger partial charge in [-0.2, -0.15) is 0 Å². The molecule has 0 aromatic carbocycles. The van der Waals surface area contributed by atoms with Crippen molar-refractivity contribution in [3.63, 3.8) is 0 Å². The Morgan fingerprint density at radius 1 is 0.293 bits per heavy atom. The van der Waals surface area contributed by atoms with Gasteiger partial charge in [0.15, 0.2) is 6.10 Å². The van der Waals surface area contributed by atoms with Crippen molar-refractivity contribution in [3.05, 3.63) is 72.9 Å². The summed E-state index contributed by atoms with van der Waals surface area (Å²) in [5, 5.41) is 9.70. The van der Waals surface area contributed by atoms with Gasteiger partial charge in [-0.3, -0.25) is 9.59 Å². The minimum atomic E-state index is -0.774. The molecule has 0 saturated heterocycles. The second-order valence-corrected chi connectivity index (χ2v) is 24.6. The lowest BCUT2D eigenvalue weighted by atomic mass is 10.0. The number of hydrogen-bond donors (Lipinski definition) is 1. The van der Waals surface area contributed by atoms with Gasteiger partial charge in [0.25, 0.3) is 0 Å². The largest absolute Gasteiger partial charge is 0.462 e. The average molecular weight is 1150 g/mol. The third kappa shape index (κ3) is 69.8. The Balaban J connectivity index is 3.38. The van der Waals surface area contributed by atoms with E-state index < -0.39 is 6.10 Å². The zero-order valence-electron chi connectivity index (χ0n) is 55.0. The maximum Gasteiger partial charge on any atom is 0.306 e. The van der Waals surface area contributed by atoms with Gasteiger partial charge >= 0.3 is 11.9 Å². The van der Waals surface area contributed by atoms with E-state index in [0.29, 0.717) is 12.8 Å². The van der Waals surface area contributed by atoms with Crippen LogP contribution in [-0.2, 0) is 19.1 Å². The highest BCUT2D eigenvalue weighted by Crippen LogP contribution is 2.19. The van der Waals surface area contributed by atoms with E-state index in [2.05, 4.69) is 86.8 Å². The number of carbonyl (C=O) groups excluding carboxylic acids is 2. The molecule has 1 unspecified atom stereocenters. The molecule has 0 aromatic heterocycles. The molecule has 0 rings (SSSR count). The highest BCUT2D eigenvalue weighted by atomic mass is 16.6. The molecule has 0 aliphatic carbocycles. The Hall–Kier alpha value is -2.66. The predicted molar refractivity (Wildman–Crippen MR) is 362 cm³/mol. The van der Waals surface area contributed by atoms with Crippen LogP contribution in [0, 0.1) is 0 Å². The van der Waals surface area contributed by atoms with Gasteiger partial charge < -0.3 is 14.6 Å². The summed E-state index contributed by atoms with van der Waals surface area (Å²) in [6.45, 7) is 4.07. The van der Waals surface area contributed by atoms with Crippen LogP contribution in [-0.4, -0.2) is 36.4 Å². The second kappa shape index (κ2) is 72.6. The van der Waals surface area contributed by atoms with Crippen LogP contribution < -0.4 is 0 Å². The van der Waals surface area contributed by atoms with Gasteiger partial charge in [-0.25, -0.2) is 0 Å². The number of carbonyl (C=O) groups is 2. The standard InChI is InChI=1S/C77H140O5/c1-3-5-7-9-11-13-15-17-19-21-23-25-27-29-31-32-33-34-35-36-37-38-39-40-41-42-43-44-46-47-49-51-53-55-57-59-61-63-65-67-69-71-76(79)81-74-75(73-78)82-77(80)72-70-68-66-64-62-60-58-56-54-52-50-48-45-30-28-26-24-22-20-18-16-14-12-10-8-6-4-2/h6,8,12,14-15,17-18,20-21,23-24,26,75,78H,3-5,7,9-11,13,16,19,22,25,27-74H2,1-2H3/b8-6-,14-12-,17-15-,20-18-,23-21-,26-24-. The van der Waals surface area contributed by atoms with Crippen molar-refractivity contribution >= 4 is 11.9 Å². The van der Waals surface area contributed by atoms with Crippen molar-refractivity contribution in [2.45, 2.75) is 392 Å². The number of unbranched alkanes of at least 4 members (excludes halogenated alkanes) is 48. The highest BCUT2D eigenvalue weighted by Gasteiger charge is 2.16. The Kier molecular flexibility index (Phi) is 70.2. The molecule has 0 radical (unpaired) electrons. The molecular formula is C77H140O5. The fourth-order valence-corrected chi connectivity index (χ4v) is 11.1. The van der Waals surface area contributed by atoms with Crippen molar-refractivity contribution in [2.24, 2.45) is 0 Å². The lowest BCUT2D eigenvalue weighted by molar-refractivity contribution is -0.161. The first-order chi connectivity index (χ1) is 40.6. The van der Waals surface area contributed by atoms with Gasteiger partial charge in [-0.15, -0.1) is 0 Å². The van der Waals surface area contributed by atoms with Crippen molar-refractivity contribution < 1.29 is 24.2 Å². The Bertz CT molecular complexity index is 1440. The second-order valence-electron chi connectivity index (χ2n) is 24.6. The summed E-state index contributed by atoms with van der Waals surface area (Å²) in [4.78, 5) is 24.7.